The Morgan fingerprint density at radius 1 is 1.50 bits per heavy atom. The quantitative estimate of drug-likeness (QED) is 0.458. The van der Waals surface area contributed by atoms with E-state index in [4.69, 9.17) is 0 Å². The molecule has 0 amide bonds. The third kappa shape index (κ3) is 3.48. The summed E-state index contributed by atoms with van der Waals surface area (Å²) in [6.07, 6.45) is 1.78. The molecule has 0 saturated heterocycles. The van der Waals surface area contributed by atoms with Crippen LogP contribution in [0, 0.1) is 6.92 Å². The highest BCUT2D eigenvalue weighted by atomic mass is 32.2. The van der Waals surface area contributed by atoms with Crippen molar-refractivity contribution in [2.24, 2.45) is 5.10 Å². The minimum atomic E-state index is 0.843. The zero-order valence-corrected chi connectivity index (χ0v) is 11.3. The van der Waals surface area contributed by atoms with Crippen LogP contribution in [0.25, 0.3) is 0 Å². The third-order valence-electron chi connectivity index (χ3n) is 1.91. The molecular formula is C11H18N4S. The Kier molecular flexibility index (Phi) is 4.73. The van der Waals surface area contributed by atoms with Crippen LogP contribution in [-0.4, -0.2) is 40.5 Å². The van der Waals surface area contributed by atoms with E-state index in [1.165, 1.54) is 0 Å². The smallest absolute Gasteiger partial charge is 0.118 e. The number of hydrogen-bond donors (Lipinski definition) is 0. The maximum Gasteiger partial charge on any atom is 0.118 e. The van der Waals surface area contributed by atoms with Gasteiger partial charge in [-0.2, -0.15) is 5.10 Å². The van der Waals surface area contributed by atoms with Crippen molar-refractivity contribution in [2.75, 3.05) is 19.8 Å². The van der Waals surface area contributed by atoms with E-state index in [9.17, 15) is 0 Å². The van der Waals surface area contributed by atoms with Gasteiger partial charge in [0.25, 0.3) is 0 Å². The van der Waals surface area contributed by atoms with Crippen molar-refractivity contribution in [1.29, 1.82) is 0 Å². The summed E-state index contributed by atoms with van der Waals surface area (Å²) in [5, 5.41) is 7.08. The van der Waals surface area contributed by atoms with Gasteiger partial charge in [0, 0.05) is 14.1 Å². The zero-order valence-electron chi connectivity index (χ0n) is 10.5. The minimum Gasteiger partial charge on any atom is -0.303 e. The van der Waals surface area contributed by atoms with Gasteiger partial charge in [0.05, 0.1) is 17.6 Å². The van der Waals surface area contributed by atoms with Crippen LogP contribution < -0.4 is 0 Å². The number of thioether (sulfide) groups is 1. The highest BCUT2D eigenvalue weighted by Gasteiger charge is 2.06. The Morgan fingerprint density at radius 2 is 2.19 bits per heavy atom. The van der Waals surface area contributed by atoms with E-state index >= 15 is 0 Å². The molecule has 0 saturated carbocycles. The van der Waals surface area contributed by atoms with Gasteiger partial charge in [-0.3, -0.25) is 4.98 Å². The predicted molar refractivity (Wildman–Crippen MR) is 69.1 cm³/mol. The Hall–Kier alpha value is -1.10. The van der Waals surface area contributed by atoms with E-state index in [1.54, 1.807) is 23.0 Å². The fraction of sp³-hybridized carbons (Fsp3) is 0.545. The molecular weight excluding hydrogens is 220 g/mol. The molecule has 5 heteroatoms. The standard InChI is InChI=1S/C11H18N4S/c1-6-16-11-9(3)12-7-10(13-11)8(2)14-15(4)5/h7H,6H2,1-5H3/b14-8+. The van der Waals surface area contributed by atoms with Crippen LogP contribution in [0.15, 0.2) is 16.3 Å². The van der Waals surface area contributed by atoms with Gasteiger partial charge in [0.1, 0.15) is 10.7 Å². The maximum atomic E-state index is 4.56. The van der Waals surface area contributed by atoms with E-state index in [-0.39, 0.29) is 0 Å². The molecule has 1 aromatic heterocycles. The average Bonchev–Trinajstić information content (AvgIpc) is 2.20. The summed E-state index contributed by atoms with van der Waals surface area (Å²) in [6.45, 7) is 6.03. The minimum absolute atomic E-state index is 0.843. The molecule has 0 aliphatic carbocycles. The summed E-state index contributed by atoms with van der Waals surface area (Å²) < 4.78 is 0. The third-order valence-corrected chi connectivity index (χ3v) is 2.86. The monoisotopic (exact) mass is 238 g/mol. The molecule has 0 unspecified atom stereocenters. The molecule has 0 radical (unpaired) electrons. The lowest BCUT2D eigenvalue weighted by Gasteiger charge is -2.08. The van der Waals surface area contributed by atoms with Gasteiger partial charge in [-0.1, -0.05) is 6.92 Å². The molecule has 0 atom stereocenters. The second kappa shape index (κ2) is 5.84. The van der Waals surface area contributed by atoms with Crippen molar-refractivity contribution < 1.29 is 0 Å². The van der Waals surface area contributed by atoms with Gasteiger partial charge >= 0.3 is 0 Å². The molecule has 1 rings (SSSR count). The number of nitrogens with zero attached hydrogens (tertiary/aromatic N) is 4. The molecule has 1 heterocycles. The zero-order chi connectivity index (χ0) is 12.1. The van der Waals surface area contributed by atoms with Crippen molar-refractivity contribution >= 4 is 17.5 Å². The highest BCUT2D eigenvalue weighted by molar-refractivity contribution is 7.99. The Bertz CT molecular complexity index is 388. The molecule has 0 bridgehead atoms. The first kappa shape index (κ1) is 13.0. The summed E-state index contributed by atoms with van der Waals surface area (Å²) in [5.41, 5.74) is 2.71. The first-order valence-electron chi connectivity index (χ1n) is 5.24. The lowest BCUT2D eigenvalue weighted by Crippen LogP contribution is -2.09. The summed E-state index contributed by atoms with van der Waals surface area (Å²) in [4.78, 5) is 8.90. The van der Waals surface area contributed by atoms with E-state index in [1.807, 2.05) is 27.9 Å². The van der Waals surface area contributed by atoms with Crippen LogP contribution in [0.4, 0.5) is 0 Å². The number of hydrazone groups is 1. The number of aryl methyl sites for hydroxylation is 1. The molecule has 1 aromatic rings. The van der Waals surface area contributed by atoms with Gasteiger partial charge in [0.2, 0.25) is 0 Å². The summed E-state index contributed by atoms with van der Waals surface area (Å²) in [7, 11) is 3.79. The lowest BCUT2D eigenvalue weighted by molar-refractivity contribution is 0.437. The van der Waals surface area contributed by atoms with Crippen LogP contribution in [-0.2, 0) is 0 Å². The highest BCUT2D eigenvalue weighted by Crippen LogP contribution is 2.18. The van der Waals surface area contributed by atoms with Crippen molar-refractivity contribution in [2.45, 2.75) is 25.8 Å². The second-order valence-electron chi connectivity index (χ2n) is 3.61. The SMILES string of the molecule is CCSc1nc(/C(C)=N/N(C)C)cnc1C. The second-order valence-corrected chi connectivity index (χ2v) is 4.86. The summed E-state index contributed by atoms with van der Waals surface area (Å²) >= 11 is 1.71. The van der Waals surface area contributed by atoms with Crippen LogP contribution in [0.3, 0.4) is 0 Å². The largest absolute Gasteiger partial charge is 0.303 e. The fourth-order valence-electron chi connectivity index (χ4n) is 1.23. The molecule has 16 heavy (non-hydrogen) atoms. The van der Waals surface area contributed by atoms with Crippen molar-refractivity contribution in [3.05, 3.63) is 17.6 Å². The molecule has 0 aliphatic heterocycles. The normalized spacial score (nSPS) is 11.7. The molecule has 0 spiro atoms. The van der Waals surface area contributed by atoms with Gasteiger partial charge in [-0.05, 0) is 19.6 Å². The first-order chi connectivity index (χ1) is 7.54. The van der Waals surface area contributed by atoms with E-state index in [2.05, 4.69) is 22.0 Å². The Balaban J connectivity index is 3.02. The Morgan fingerprint density at radius 3 is 2.75 bits per heavy atom. The maximum absolute atomic E-state index is 4.56. The summed E-state index contributed by atoms with van der Waals surface area (Å²) in [5.74, 6) is 1.00. The molecule has 88 valence electrons. The molecule has 4 nitrogen and oxygen atoms in total. The predicted octanol–water partition coefficient (Wildman–Crippen LogP) is 2.18. The number of rotatable bonds is 4. The number of aromatic nitrogens is 2. The Labute approximate surface area is 101 Å². The first-order valence-corrected chi connectivity index (χ1v) is 6.22. The van der Waals surface area contributed by atoms with Crippen molar-refractivity contribution in [1.82, 2.24) is 15.0 Å². The van der Waals surface area contributed by atoms with Gasteiger partial charge in [0.15, 0.2) is 0 Å². The molecule has 0 fully saturated rings. The lowest BCUT2D eigenvalue weighted by atomic mass is 10.3. The van der Waals surface area contributed by atoms with E-state index in [0.29, 0.717) is 0 Å². The summed E-state index contributed by atoms with van der Waals surface area (Å²) in [6, 6.07) is 0. The van der Waals surface area contributed by atoms with Gasteiger partial charge in [-0.15, -0.1) is 11.8 Å². The fourth-order valence-corrected chi connectivity index (χ4v) is 1.93. The van der Waals surface area contributed by atoms with Crippen LogP contribution in [0.5, 0.6) is 0 Å². The van der Waals surface area contributed by atoms with Crippen molar-refractivity contribution in [3.8, 4) is 0 Å². The van der Waals surface area contributed by atoms with Crippen LogP contribution in [0.2, 0.25) is 0 Å². The molecule has 0 N–H and O–H groups in total. The molecule has 0 aliphatic rings. The van der Waals surface area contributed by atoms with Crippen LogP contribution in [0.1, 0.15) is 25.2 Å². The number of hydrogen-bond acceptors (Lipinski definition) is 5. The molecule has 0 aromatic carbocycles. The van der Waals surface area contributed by atoms with E-state index < -0.39 is 0 Å². The van der Waals surface area contributed by atoms with Gasteiger partial charge < -0.3 is 5.01 Å². The van der Waals surface area contributed by atoms with Crippen LogP contribution >= 0.6 is 11.8 Å². The topological polar surface area (TPSA) is 41.4 Å². The van der Waals surface area contributed by atoms with Crippen molar-refractivity contribution in [3.63, 3.8) is 0 Å². The van der Waals surface area contributed by atoms with E-state index in [0.717, 1.165) is 27.9 Å². The average molecular weight is 238 g/mol. The van der Waals surface area contributed by atoms with Gasteiger partial charge in [-0.25, -0.2) is 4.98 Å².